The molecule has 0 saturated carbocycles. The highest BCUT2D eigenvalue weighted by molar-refractivity contribution is 5.11. The van der Waals surface area contributed by atoms with Gasteiger partial charge in [-0.1, -0.05) is 5.16 Å². The number of nitrogens with zero attached hydrogens (tertiary/aromatic N) is 1. The molecule has 1 saturated heterocycles. The van der Waals surface area contributed by atoms with Crippen LogP contribution in [-0.4, -0.2) is 30.0 Å². The smallest absolute Gasteiger partial charge is 0.139 e. The first-order valence-electron chi connectivity index (χ1n) is 5.17. The summed E-state index contributed by atoms with van der Waals surface area (Å²) in [6, 6.07) is 1.98. The van der Waals surface area contributed by atoms with E-state index in [1.54, 1.807) is 0 Å². The SMILES string of the molecule is OCCc1cc(C2CCNCC2)no1. The number of piperidine rings is 1. The summed E-state index contributed by atoms with van der Waals surface area (Å²) < 4.78 is 5.13. The Morgan fingerprint density at radius 3 is 3.00 bits per heavy atom. The van der Waals surface area contributed by atoms with Crippen LogP contribution < -0.4 is 5.32 Å². The Bertz CT molecular complexity index is 279. The van der Waals surface area contributed by atoms with Crippen LogP contribution >= 0.6 is 0 Å². The molecule has 78 valence electrons. The van der Waals surface area contributed by atoms with E-state index in [0.717, 1.165) is 37.4 Å². The number of aromatic nitrogens is 1. The molecule has 0 aromatic carbocycles. The summed E-state index contributed by atoms with van der Waals surface area (Å²) in [4.78, 5) is 0. The summed E-state index contributed by atoms with van der Waals surface area (Å²) in [6.07, 6.45) is 2.83. The van der Waals surface area contributed by atoms with Crippen LogP contribution in [0.5, 0.6) is 0 Å². The van der Waals surface area contributed by atoms with Crippen LogP contribution in [0.4, 0.5) is 0 Å². The minimum atomic E-state index is 0.126. The second-order valence-corrected chi connectivity index (χ2v) is 3.72. The minimum Gasteiger partial charge on any atom is -0.396 e. The Hall–Kier alpha value is -0.870. The van der Waals surface area contributed by atoms with Crippen LogP contribution in [0.2, 0.25) is 0 Å². The molecule has 1 aliphatic rings. The first-order chi connectivity index (χ1) is 6.90. The first kappa shape index (κ1) is 9.68. The molecule has 0 aliphatic carbocycles. The normalized spacial score (nSPS) is 18.6. The lowest BCUT2D eigenvalue weighted by molar-refractivity contribution is 0.276. The van der Waals surface area contributed by atoms with Crippen molar-refractivity contribution < 1.29 is 9.63 Å². The summed E-state index contributed by atoms with van der Waals surface area (Å²) in [5.41, 5.74) is 1.05. The van der Waals surface area contributed by atoms with E-state index in [4.69, 9.17) is 9.63 Å². The van der Waals surface area contributed by atoms with Gasteiger partial charge in [-0.3, -0.25) is 0 Å². The third-order valence-electron chi connectivity index (χ3n) is 2.69. The van der Waals surface area contributed by atoms with Crippen molar-refractivity contribution >= 4 is 0 Å². The molecule has 2 rings (SSSR count). The predicted octanol–water partition coefficient (Wildman–Crippen LogP) is 0.676. The number of aliphatic hydroxyl groups excluding tert-OH is 1. The average molecular weight is 196 g/mol. The molecular weight excluding hydrogens is 180 g/mol. The molecule has 2 heterocycles. The van der Waals surface area contributed by atoms with E-state index in [0.29, 0.717) is 12.3 Å². The minimum absolute atomic E-state index is 0.126. The van der Waals surface area contributed by atoms with Gasteiger partial charge in [0.15, 0.2) is 0 Å². The van der Waals surface area contributed by atoms with Crippen LogP contribution in [-0.2, 0) is 6.42 Å². The molecule has 1 aromatic rings. The maximum Gasteiger partial charge on any atom is 0.139 e. The fraction of sp³-hybridized carbons (Fsp3) is 0.700. The molecule has 14 heavy (non-hydrogen) atoms. The molecule has 0 unspecified atom stereocenters. The third-order valence-corrected chi connectivity index (χ3v) is 2.69. The first-order valence-corrected chi connectivity index (χ1v) is 5.17. The summed E-state index contributed by atoms with van der Waals surface area (Å²) in [5, 5.41) is 16.1. The van der Waals surface area contributed by atoms with Gasteiger partial charge in [-0.2, -0.15) is 0 Å². The topological polar surface area (TPSA) is 58.3 Å². The van der Waals surface area contributed by atoms with E-state index < -0.39 is 0 Å². The van der Waals surface area contributed by atoms with Gasteiger partial charge < -0.3 is 14.9 Å². The van der Waals surface area contributed by atoms with Crippen molar-refractivity contribution in [3.63, 3.8) is 0 Å². The Morgan fingerprint density at radius 2 is 2.29 bits per heavy atom. The number of hydrogen-bond acceptors (Lipinski definition) is 4. The zero-order chi connectivity index (χ0) is 9.80. The van der Waals surface area contributed by atoms with E-state index >= 15 is 0 Å². The molecular formula is C10H16N2O2. The number of aliphatic hydroxyl groups is 1. The molecule has 1 aliphatic heterocycles. The van der Waals surface area contributed by atoms with Crippen molar-refractivity contribution in [3.8, 4) is 0 Å². The van der Waals surface area contributed by atoms with Crippen LogP contribution in [0, 0.1) is 0 Å². The Balaban J connectivity index is 2.00. The van der Waals surface area contributed by atoms with Gasteiger partial charge in [-0.05, 0) is 25.9 Å². The standard InChI is InChI=1S/C10H16N2O2/c13-6-3-9-7-10(12-14-9)8-1-4-11-5-2-8/h7-8,11,13H,1-6H2. The molecule has 1 aromatic heterocycles. The molecule has 0 radical (unpaired) electrons. The van der Waals surface area contributed by atoms with E-state index in [2.05, 4.69) is 10.5 Å². The third kappa shape index (κ3) is 2.13. The average Bonchev–Trinajstić information content (AvgIpc) is 2.68. The number of rotatable bonds is 3. The van der Waals surface area contributed by atoms with Gasteiger partial charge in [-0.25, -0.2) is 0 Å². The van der Waals surface area contributed by atoms with Crippen molar-refractivity contribution in [3.05, 3.63) is 17.5 Å². The van der Waals surface area contributed by atoms with Crippen molar-refractivity contribution in [1.82, 2.24) is 10.5 Å². The van der Waals surface area contributed by atoms with Gasteiger partial charge in [0.05, 0.1) is 12.3 Å². The largest absolute Gasteiger partial charge is 0.396 e. The van der Waals surface area contributed by atoms with Gasteiger partial charge in [-0.15, -0.1) is 0 Å². The monoisotopic (exact) mass is 196 g/mol. The van der Waals surface area contributed by atoms with E-state index in [1.807, 2.05) is 6.07 Å². The van der Waals surface area contributed by atoms with Gasteiger partial charge >= 0.3 is 0 Å². The Kier molecular flexibility index (Phi) is 3.16. The quantitative estimate of drug-likeness (QED) is 0.746. The zero-order valence-corrected chi connectivity index (χ0v) is 8.20. The number of hydrogen-bond donors (Lipinski definition) is 2. The van der Waals surface area contributed by atoms with E-state index in [1.165, 1.54) is 0 Å². The van der Waals surface area contributed by atoms with Crippen molar-refractivity contribution in [1.29, 1.82) is 0 Å². The molecule has 0 bridgehead atoms. The highest BCUT2D eigenvalue weighted by Gasteiger charge is 2.18. The van der Waals surface area contributed by atoms with Crippen LogP contribution in [0.1, 0.15) is 30.2 Å². The molecule has 2 N–H and O–H groups in total. The molecule has 4 heteroatoms. The molecule has 0 amide bonds. The van der Waals surface area contributed by atoms with Crippen molar-refractivity contribution in [2.45, 2.75) is 25.2 Å². The lowest BCUT2D eigenvalue weighted by Crippen LogP contribution is -2.26. The van der Waals surface area contributed by atoms with Gasteiger partial charge in [0.2, 0.25) is 0 Å². The summed E-state index contributed by atoms with van der Waals surface area (Å²) >= 11 is 0. The predicted molar refractivity (Wildman–Crippen MR) is 52.1 cm³/mol. The highest BCUT2D eigenvalue weighted by atomic mass is 16.5. The summed E-state index contributed by atoms with van der Waals surface area (Å²) in [5.74, 6) is 1.33. The Morgan fingerprint density at radius 1 is 1.50 bits per heavy atom. The van der Waals surface area contributed by atoms with Crippen LogP contribution in [0.3, 0.4) is 0 Å². The van der Waals surface area contributed by atoms with Crippen LogP contribution in [0.15, 0.2) is 10.6 Å². The highest BCUT2D eigenvalue weighted by Crippen LogP contribution is 2.24. The van der Waals surface area contributed by atoms with Crippen LogP contribution in [0.25, 0.3) is 0 Å². The molecule has 4 nitrogen and oxygen atoms in total. The maximum atomic E-state index is 8.74. The summed E-state index contributed by atoms with van der Waals surface area (Å²) in [6.45, 7) is 2.25. The zero-order valence-electron chi connectivity index (χ0n) is 8.20. The second-order valence-electron chi connectivity index (χ2n) is 3.72. The lowest BCUT2D eigenvalue weighted by atomic mass is 9.94. The summed E-state index contributed by atoms with van der Waals surface area (Å²) in [7, 11) is 0. The number of nitrogens with one attached hydrogen (secondary N) is 1. The fourth-order valence-electron chi connectivity index (χ4n) is 1.87. The van der Waals surface area contributed by atoms with Gasteiger partial charge in [0.1, 0.15) is 5.76 Å². The van der Waals surface area contributed by atoms with Gasteiger partial charge in [0.25, 0.3) is 0 Å². The fourth-order valence-corrected chi connectivity index (χ4v) is 1.87. The van der Waals surface area contributed by atoms with E-state index in [-0.39, 0.29) is 6.61 Å². The molecule has 1 fully saturated rings. The van der Waals surface area contributed by atoms with Gasteiger partial charge in [0, 0.05) is 18.4 Å². The molecule has 0 atom stereocenters. The lowest BCUT2D eigenvalue weighted by Gasteiger charge is -2.19. The van der Waals surface area contributed by atoms with Crippen molar-refractivity contribution in [2.24, 2.45) is 0 Å². The maximum absolute atomic E-state index is 8.74. The second kappa shape index (κ2) is 4.57. The van der Waals surface area contributed by atoms with Crippen molar-refractivity contribution in [2.75, 3.05) is 19.7 Å². The Labute approximate surface area is 83.3 Å². The van der Waals surface area contributed by atoms with E-state index in [9.17, 15) is 0 Å². The molecule has 0 spiro atoms.